The molecule has 2 rings (SSSR count). The molecule has 8 heteroatoms. The summed E-state index contributed by atoms with van der Waals surface area (Å²) in [6.45, 7) is 5.56. The number of carbonyl (C=O) groups is 2. The fourth-order valence-corrected chi connectivity index (χ4v) is 2.57. The smallest absolute Gasteiger partial charge is 0.321 e. The number of amides is 2. The maximum atomic E-state index is 14.1. The zero-order valence-corrected chi connectivity index (χ0v) is 14.4. The van der Waals surface area contributed by atoms with Crippen molar-refractivity contribution in [2.75, 3.05) is 18.4 Å². The zero-order valence-electron chi connectivity index (χ0n) is 14.4. The van der Waals surface area contributed by atoms with Gasteiger partial charge in [0.25, 0.3) is 0 Å². The molecular weight excluding hydrogens is 334 g/mol. The van der Waals surface area contributed by atoms with Crippen LogP contribution in [0.25, 0.3) is 0 Å². The number of carboxylic acid groups (broad SMARTS) is 1. The van der Waals surface area contributed by atoms with Gasteiger partial charge in [0.05, 0.1) is 5.92 Å². The summed E-state index contributed by atoms with van der Waals surface area (Å²) in [7, 11) is 0. The lowest BCUT2D eigenvalue weighted by Crippen LogP contribution is -2.42. The molecule has 1 aliphatic rings. The molecule has 1 aliphatic heterocycles. The Hall–Kier alpha value is -2.38. The van der Waals surface area contributed by atoms with Crippen LogP contribution in [0.15, 0.2) is 12.1 Å². The van der Waals surface area contributed by atoms with Gasteiger partial charge >= 0.3 is 12.0 Å². The second-order valence-electron chi connectivity index (χ2n) is 7.01. The van der Waals surface area contributed by atoms with Gasteiger partial charge in [-0.05, 0) is 33.6 Å². The second kappa shape index (κ2) is 7.25. The van der Waals surface area contributed by atoms with Crippen molar-refractivity contribution in [3.05, 3.63) is 23.8 Å². The summed E-state index contributed by atoms with van der Waals surface area (Å²) in [5.41, 5.74) is -0.789. The molecule has 0 radical (unpaired) electrons. The first-order valence-corrected chi connectivity index (χ1v) is 8.03. The molecular formula is C17H22F2N2O4. The van der Waals surface area contributed by atoms with Gasteiger partial charge in [0, 0.05) is 30.9 Å². The van der Waals surface area contributed by atoms with Gasteiger partial charge in [-0.25, -0.2) is 13.6 Å². The van der Waals surface area contributed by atoms with E-state index in [1.165, 1.54) is 4.90 Å². The Balaban J connectivity index is 2.03. The standard InChI is InChI=1S/C17H22F2N2O4/c1-17(2,3)25-14-12(18)8-11(9-13(14)19)20-16(24)21-6-4-10(5-7-21)15(22)23/h8-10H,4-7H2,1-3H3,(H,20,24)(H,22,23). The minimum Gasteiger partial charge on any atom is -0.482 e. The van der Waals surface area contributed by atoms with Gasteiger partial charge in [0.15, 0.2) is 17.4 Å². The van der Waals surface area contributed by atoms with Crippen LogP contribution >= 0.6 is 0 Å². The van der Waals surface area contributed by atoms with Crippen LogP contribution in [-0.4, -0.2) is 40.7 Å². The molecule has 1 saturated heterocycles. The van der Waals surface area contributed by atoms with Crippen molar-refractivity contribution in [1.82, 2.24) is 4.90 Å². The summed E-state index contributed by atoms with van der Waals surface area (Å²) in [5, 5.41) is 11.4. The van der Waals surface area contributed by atoms with Crippen LogP contribution in [0.1, 0.15) is 33.6 Å². The molecule has 1 fully saturated rings. The lowest BCUT2D eigenvalue weighted by Gasteiger charge is -2.30. The first-order valence-electron chi connectivity index (χ1n) is 8.03. The summed E-state index contributed by atoms with van der Waals surface area (Å²) in [4.78, 5) is 24.5. The highest BCUT2D eigenvalue weighted by Crippen LogP contribution is 2.29. The van der Waals surface area contributed by atoms with Crippen LogP contribution < -0.4 is 10.1 Å². The number of rotatable bonds is 3. The minimum absolute atomic E-state index is 0.0263. The summed E-state index contributed by atoms with van der Waals surface area (Å²) in [6, 6.07) is 1.46. The monoisotopic (exact) mass is 356 g/mol. The van der Waals surface area contributed by atoms with Gasteiger partial charge in [-0.1, -0.05) is 0 Å². The van der Waals surface area contributed by atoms with Crippen molar-refractivity contribution in [3.8, 4) is 5.75 Å². The topological polar surface area (TPSA) is 78.9 Å². The molecule has 0 aliphatic carbocycles. The summed E-state index contributed by atoms with van der Waals surface area (Å²) in [5.74, 6) is -3.65. The third-order valence-corrected chi connectivity index (χ3v) is 3.79. The van der Waals surface area contributed by atoms with E-state index in [0.717, 1.165) is 12.1 Å². The number of hydrogen-bond acceptors (Lipinski definition) is 3. The molecule has 0 unspecified atom stereocenters. The quantitative estimate of drug-likeness (QED) is 0.869. The van der Waals surface area contributed by atoms with Gasteiger partial charge in [-0.2, -0.15) is 0 Å². The Morgan fingerprint density at radius 2 is 1.72 bits per heavy atom. The first kappa shape index (κ1) is 19.0. The average Bonchev–Trinajstić information content (AvgIpc) is 2.50. The van der Waals surface area contributed by atoms with Crippen molar-refractivity contribution in [2.45, 2.75) is 39.2 Å². The second-order valence-corrected chi connectivity index (χ2v) is 7.01. The first-order chi connectivity index (χ1) is 11.6. The van der Waals surface area contributed by atoms with Gasteiger partial charge < -0.3 is 20.1 Å². The number of nitrogens with one attached hydrogen (secondary N) is 1. The maximum Gasteiger partial charge on any atom is 0.321 e. The molecule has 1 aromatic rings. The van der Waals surface area contributed by atoms with Crippen LogP contribution in [0.3, 0.4) is 0 Å². The highest BCUT2D eigenvalue weighted by Gasteiger charge is 2.27. The van der Waals surface area contributed by atoms with Crippen molar-refractivity contribution in [2.24, 2.45) is 5.92 Å². The van der Waals surface area contributed by atoms with Crippen molar-refractivity contribution in [3.63, 3.8) is 0 Å². The summed E-state index contributed by atoms with van der Waals surface area (Å²) < 4.78 is 33.4. The van der Waals surface area contributed by atoms with Gasteiger partial charge in [-0.3, -0.25) is 4.79 Å². The van der Waals surface area contributed by atoms with E-state index in [-0.39, 0.29) is 18.8 Å². The number of aliphatic carboxylic acids is 1. The summed E-state index contributed by atoms with van der Waals surface area (Å²) >= 11 is 0. The molecule has 25 heavy (non-hydrogen) atoms. The minimum atomic E-state index is -0.908. The number of anilines is 1. The number of benzene rings is 1. The number of piperidine rings is 1. The highest BCUT2D eigenvalue weighted by atomic mass is 19.1. The Labute approximate surface area is 144 Å². The number of urea groups is 1. The van der Waals surface area contributed by atoms with Crippen molar-refractivity contribution in [1.29, 1.82) is 0 Å². The number of likely N-dealkylation sites (tertiary alicyclic amines) is 1. The number of carbonyl (C=O) groups excluding carboxylic acids is 1. The van der Waals surface area contributed by atoms with Crippen LogP contribution in [0.2, 0.25) is 0 Å². The Morgan fingerprint density at radius 3 is 2.16 bits per heavy atom. The Kier molecular flexibility index (Phi) is 5.49. The fraction of sp³-hybridized carbons (Fsp3) is 0.529. The van der Waals surface area contributed by atoms with Crippen molar-refractivity contribution >= 4 is 17.7 Å². The number of ether oxygens (including phenoxy) is 1. The number of halogens is 2. The van der Waals surface area contributed by atoms with Crippen LogP contribution in [0, 0.1) is 17.6 Å². The van der Waals surface area contributed by atoms with Crippen LogP contribution in [-0.2, 0) is 4.79 Å². The van der Waals surface area contributed by atoms with Crippen LogP contribution in [0.5, 0.6) is 5.75 Å². The predicted molar refractivity (Wildman–Crippen MR) is 87.7 cm³/mol. The molecule has 0 aromatic heterocycles. The molecule has 138 valence electrons. The van der Waals surface area contributed by atoms with E-state index in [4.69, 9.17) is 9.84 Å². The molecule has 2 N–H and O–H groups in total. The zero-order chi connectivity index (χ0) is 18.8. The predicted octanol–water partition coefficient (Wildman–Crippen LogP) is 3.47. The molecule has 6 nitrogen and oxygen atoms in total. The number of hydrogen-bond donors (Lipinski definition) is 2. The molecule has 0 bridgehead atoms. The van der Waals surface area contributed by atoms with E-state index in [2.05, 4.69) is 5.32 Å². The largest absolute Gasteiger partial charge is 0.482 e. The third-order valence-electron chi connectivity index (χ3n) is 3.79. The number of nitrogens with zero attached hydrogens (tertiary/aromatic N) is 1. The number of carboxylic acids is 1. The molecule has 0 saturated carbocycles. The third kappa shape index (κ3) is 5.04. The van der Waals surface area contributed by atoms with E-state index >= 15 is 0 Å². The Morgan fingerprint density at radius 1 is 1.20 bits per heavy atom. The molecule has 0 atom stereocenters. The van der Waals surface area contributed by atoms with Gasteiger partial charge in [0.1, 0.15) is 5.60 Å². The fourth-order valence-electron chi connectivity index (χ4n) is 2.57. The SMILES string of the molecule is CC(C)(C)Oc1c(F)cc(NC(=O)N2CCC(C(=O)O)CC2)cc1F. The van der Waals surface area contributed by atoms with Gasteiger partial charge in [0.2, 0.25) is 0 Å². The molecule has 0 spiro atoms. The van der Waals surface area contributed by atoms with Crippen LogP contribution in [0.4, 0.5) is 19.3 Å². The average molecular weight is 356 g/mol. The highest BCUT2D eigenvalue weighted by molar-refractivity contribution is 5.89. The summed E-state index contributed by atoms with van der Waals surface area (Å²) in [6.07, 6.45) is 0.702. The van der Waals surface area contributed by atoms with E-state index in [1.807, 2.05) is 0 Å². The molecule has 1 aromatic carbocycles. The normalized spacial score (nSPS) is 15.8. The van der Waals surface area contributed by atoms with E-state index in [9.17, 15) is 18.4 Å². The van der Waals surface area contributed by atoms with Gasteiger partial charge in [-0.15, -0.1) is 0 Å². The molecule has 2 amide bonds. The maximum absolute atomic E-state index is 14.1. The van der Waals surface area contributed by atoms with E-state index in [1.54, 1.807) is 20.8 Å². The van der Waals surface area contributed by atoms with E-state index < -0.39 is 40.9 Å². The lowest BCUT2D eigenvalue weighted by atomic mass is 9.97. The van der Waals surface area contributed by atoms with E-state index in [0.29, 0.717) is 12.8 Å². The lowest BCUT2D eigenvalue weighted by molar-refractivity contribution is -0.143. The Bertz CT molecular complexity index is 642. The molecule has 1 heterocycles. The van der Waals surface area contributed by atoms with Crippen molar-refractivity contribution < 1.29 is 28.2 Å².